The summed E-state index contributed by atoms with van der Waals surface area (Å²) < 4.78 is 35.5. The van der Waals surface area contributed by atoms with Gasteiger partial charge in [-0.05, 0) is 6.42 Å². The second kappa shape index (κ2) is 7.20. The van der Waals surface area contributed by atoms with Gasteiger partial charge >= 0.3 is 6.18 Å². The summed E-state index contributed by atoms with van der Waals surface area (Å²) in [6, 6.07) is -0.307. The van der Waals surface area contributed by atoms with Gasteiger partial charge in [0, 0.05) is 19.5 Å². The Morgan fingerprint density at radius 2 is 1.94 bits per heavy atom. The van der Waals surface area contributed by atoms with Crippen LogP contribution in [0.1, 0.15) is 19.8 Å². The van der Waals surface area contributed by atoms with E-state index in [1.807, 2.05) is 6.92 Å². The van der Waals surface area contributed by atoms with Crippen LogP contribution in [0.25, 0.3) is 0 Å². The molecule has 0 aromatic carbocycles. The first-order chi connectivity index (χ1) is 8.15. The van der Waals surface area contributed by atoms with E-state index < -0.39 is 25.2 Å². The van der Waals surface area contributed by atoms with Gasteiger partial charge in [0.25, 0.3) is 0 Å². The van der Waals surface area contributed by atoms with E-state index in [2.05, 4.69) is 0 Å². The number of likely N-dealkylation sites (N-methyl/N-ethyl adjacent to an activating group) is 1. The number of rotatable bonds is 6. The first-order valence-electron chi connectivity index (χ1n) is 5.48. The van der Waals surface area contributed by atoms with Crippen molar-refractivity contribution in [3.8, 4) is 0 Å². The number of amides is 2. The van der Waals surface area contributed by atoms with E-state index in [0.29, 0.717) is 6.42 Å². The molecule has 0 aliphatic heterocycles. The lowest BCUT2D eigenvalue weighted by Crippen LogP contribution is -2.42. The standard InChI is InChI=1S/C10H18F3N3O2/c1-3-7(14)4-9(18)16(2)5-8(17)15-6-10(11,12)13/h7H,3-6,14H2,1-2H3,(H,15,17). The summed E-state index contributed by atoms with van der Waals surface area (Å²) >= 11 is 0. The first kappa shape index (κ1) is 16.7. The number of nitrogens with two attached hydrogens (primary N) is 1. The molecule has 1 unspecified atom stereocenters. The molecule has 106 valence electrons. The highest BCUT2D eigenvalue weighted by molar-refractivity contribution is 5.84. The monoisotopic (exact) mass is 269 g/mol. The van der Waals surface area contributed by atoms with Crippen LogP contribution in [0.4, 0.5) is 13.2 Å². The summed E-state index contributed by atoms with van der Waals surface area (Å²) in [6.45, 7) is 0.00166. The minimum Gasteiger partial charge on any atom is -0.345 e. The highest BCUT2D eigenvalue weighted by atomic mass is 19.4. The van der Waals surface area contributed by atoms with E-state index in [4.69, 9.17) is 5.73 Å². The fourth-order valence-electron chi connectivity index (χ4n) is 1.08. The minimum absolute atomic E-state index is 0.0690. The molecule has 0 aliphatic rings. The zero-order chi connectivity index (χ0) is 14.3. The van der Waals surface area contributed by atoms with Crippen molar-refractivity contribution in [2.75, 3.05) is 20.1 Å². The van der Waals surface area contributed by atoms with Gasteiger partial charge in [-0.2, -0.15) is 13.2 Å². The Kier molecular flexibility index (Phi) is 6.67. The van der Waals surface area contributed by atoms with Crippen molar-refractivity contribution in [1.29, 1.82) is 0 Å². The van der Waals surface area contributed by atoms with Gasteiger partial charge in [-0.3, -0.25) is 9.59 Å². The number of hydrogen-bond donors (Lipinski definition) is 2. The molecule has 2 amide bonds. The Labute approximate surface area is 103 Å². The SMILES string of the molecule is CCC(N)CC(=O)N(C)CC(=O)NCC(F)(F)F. The average molecular weight is 269 g/mol. The smallest absolute Gasteiger partial charge is 0.345 e. The van der Waals surface area contributed by atoms with Crippen molar-refractivity contribution in [3.05, 3.63) is 0 Å². The molecule has 0 aliphatic carbocycles. The molecule has 0 aromatic heterocycles. The van der Waals surface area contributed by atoms with Crippen LogP contribution >= 0.6 is 0 Å². The molecule has 0 spiro atoms. The second-order valence-electron chi connectivity index (χ2n) is 4.01. The zero-order valence-corrected chi connectivity index (χ0v) is 10.4. The summed E-state index contributed by atoms with van der Waals surface area (Å²) in [5.74, 6) is -1.22. The molecule has 18 heavy (non-hydrogen) atoms. The van der Waals surface area contributed by atoms with E-state index in [1.165, 1.54) is 7.05 Å². The molecular weight excluding hydrogens is 251 g/mol. The quantitative estimate of drug-likeness (QED) is 0.726. The van der Waals surface area contributed by atoms with E-state index in [9.17, 15) is 22.8 Å². The van der Waals surface area contributed by atoms with E-state index in [-0.39, 0.29) is 18.4 Å². The summed E-state index contributed by atoms with van der Waals surface area (Å²) in [5, 5.41) is 1.69. The minimum atomic E-state index is -4.46. The van der Waals surface area contributed by atoms with Crippen LogP contribution in [0.3, 0.4) is 0 Å². The van der Waals surface area contributed by atoms with Gasteiger partial charge in [-0.1, -0.05) is 6.92 Å². The Balaban J connectivity index is 4.03. The summed E-state index contributed by atoms with van der Waals surface area (Å²) in [7, 11) is 1.35. The Morgan fingerprint density at radius 1 is 1.39 bits per heavy atom. The zero-order valence-electron chi connectivity index (χ0n) is 10.4. The Hall–Kier alpha value is -1.31. The van der Waals surface area contributed by atoms with Crippen LogP contribution < -0.4 is 11.1 Å². The molecule has 0 rings (SSSR count). The van der Waals surface area contributed by atoms with E-state index in [0.717, 1.165) is 4.90 Å². The number of carbonyl (C=O) groups excluding carboxylic acids is 2. The number of nitrogens with one attached hydrogen (secondary N) is 1. The molecule has 0 saturated carbocycles. The van der Waals surface area contributed by atoms with Gasteiger partial charge in [-0.25, -0.2) is 0 Å². The normalized spacial score (nSPS) is 13.0. The topological polar surface area (TPSA) is 75.4 Å². The fraction of sp³-hybridized carbons (Fsp3) is 0.800. The van der Waals surface area contributed by atoms with E-state index >= 15 is 0 Å². The molecule has 0 bridgehead atoms. The number of nitrogens with zero attached hydrogens (tertiary/aromatic N) is 1. The van der Waals surface area contributed by atoms with E-state index in [1.54, 1.807) is 5.32 Å². The highest BCUT2D eigenvalue weighted by Crippen LogP contribution is 2.12. The molecule has 0 saturated heterocycles. The highest BCUT2D eigenvalue weighted by Gasteiger charge is 2.28. The summed E-state index contributed by atoms with van der Waals surface area (Å²) in [5.41, 5.74) is 5.56. The van der Waals surface area contributed by atoms with Crippen LogP contribution in [0.2, 0.25) is 0 Å². The van der Waals surface area contributed by atoms with Crippen molar-refractivity contribution < 1.29 is 22.8 Å². The number of halogens is 3. The van der Waals surface area contributed by atoms with Gasteiger partial charge in [-0.15, -0.1) is 0 Å². The number of hydrogen-bond acceptors (Lipinski definition) is 3. The average Bonchev–Trinajstić information content (AvgIpc) is 2.25. The fourth-order valence-corrected chi connectivity index (χ4v) is 1.08. The summed E-state index contributed by atoms with van der Waals surface area (Å²) in [6.07, 6.45) is -3.78. The van der Waals surface area contributed by atoms with Gasteiger partial charge < -0.3 is 16.0 Å². The third kappa shape index (κ3) is 7.88. The van der Waals surface area contributed by atoms with Gasteiger partial charge in [0.2, 0.25) is 11.8 Å². The van der Waals surface area contributed by atoms with Crippen LogP contribution in [-0.4, -0.2) is 49.1 Å². The summed E-state index contributed by atoms with van der Waals surface area (Å²) in [4.78, 5) is 23.7. The second-order valence-corrected chi connectivity index (χ2v) is 4.01. The third-order valence-electron chi connectivity index (χ3n) is 2.25. The van der Waals surface area contributed by atoms with Crippen LogP contribution in [0.5, 0.6) is 0 Å². The molecule has 3 N–H and O–H groups in total. The first-order valence-corrected chi connectivity index (χ1v) is 5.48. The van der Waals surface area contributed by atoms with Crippen LogP contribution in [-0.2, 0) is 9.59 Å². The van der Waals surface area contributed by atoms with Crippen molar-refractivity contribution >= 4 is 11.8 Å². The maximum Gasteiger partial charge on any atom is 0.405 e. The van der Waals surface area contributed by atoms with Crippen molar-refractivity contribution in [3.63, 3.8) is 0 Å². The number of carbonyl (C=O) groups is 2. The van der Waals surface area contributed by atoms with Gasteiger partial charge in [0.05, 0.1) is 6.54 Å². The van der Waals surface area contributed by atoms with Gasteiger partial charge in [0.1, 0.15) is 6.54 Å². The Morgan fingerprint density at radius 3 is 2.39 bits per heavy atom. The molecule has 1 atom stereocenters. The van der Waals surface area contributed by atoms with Crippen LogP contribution in [0.15, 0.2) is 0 Å². The Bertz CT molecular complexity index is 295. The molecule has 0 aromatic rings. The largest absolute Gasteiger partial charge is 0.405 e. The third-order valence-corrected chi connectivity index (χ3v) is 2.25. The molecule has 0 heterocycles. The maximum atomic E-state index is 11.8. The molecule has 8 heteroatoms. The van der Waals surface area contributed by atoms with Crippen molar-refractivity contribution in [1.82, 2.24) is 10.2 Å². The maximum absolute atomic E-state index is 11.8. The molecule has 0 radical (unpaired) electrons. The van der Waals surface area contributed by atoms with Gasteiger partial charge in [0.15, 0.2) is 0 Å². The van der Waals surface area contributed by atoms with Crippen molar-refractivity contribution in [2.24, 2.45) is 5.73 Å². The lowest BCUT2D eigenvalue weighted by Gasteiger charge is -2.19. The number of alkyl halides is 3. The molecule has 5 nitrogen and oxygen atoms in total. The lowest BCUT2D eigenvalue weighted by molar-refractivity contribution is -0.141. The van der Waals surface area contributed by atoms with Crippen LogP contribution in [0, 0.1) is 0 Å². The lowest BCUT2D eigenvalue weighted by atomic mass is 10.1. The molecular formula is C10H18F3N3O2. The predicted octanol–water partition coefficient (Wildman–Crippen LogP) is 0.251. The molecule has 0 fully saturated rings. The van der Waals surface area contributed by atoms with Crippen molar-refractivity contribution in [2.45, 2.75) is 32.0 Å². The predicted molar refractivity (Wildman–Crippen MR) is 59.6 cm³/mol.